The molecular weight excluding hydrogens is 322 g/mol. The van der Waals surface area contributed by atoms with Crippen molar-refractivity contribution < 1.29 is 4.79 Å². The Labute approximate surface area is 155 Å². The first-order valence-corrected chi connectivity index (χ1v) is 9.18. The van der Waals surface area contributed by atoms with E-state index >= 15 is 0 Å². The number of nitrogens with one attached hydrogen (secondary N) is 2. The van der Waals surface area contributed by atoms with Crippen LogP contribution in [0.2, 0.25) is 0 Å². The van der Waals surface area contributed by atoms with Crippen molar-refractivity contribution in [1.29, 1.82) is 0 Å². The van der Waals surface area contributed by atoms with E-state index in [2.05, 4.69) is 47.7 Å². The second-order valence-electron chi connectivity index (χ2n) is 6.87. The molecule has 4 heteroatoms. The van der Waals surface area contributed by atoms with E-state index in [1.807, 2.05) is 24.2 Å². The Morgan fingerprint density at radius 1 is 1.15 bits per heavy atom. The van der Waals surface area contributed by atoms with Gasteiger partial charge in [-0.3, -0.25) is 4.79 Å². The average molecular weight is 349 g/mol. The van der Waals surface area contributed by atoms with E-state index in [-0.39, 0.29) is 0 Å². The molecule has 0 radical (unpaired) electrons. The van der Waals surface area contributed by atoms with Crippen molar-refractivity contribution >= 4 is 6.29 Å². The second-order valence-corrected chi connectivity index (χ2v) is 6.87. The van der Waals surface area contributed by atoms with Crippen LogP contribution in [0.5, 0.6) is 0 Å². The summed E-state index contributed by atoms with van der Waals surface area (Å²) in [6, 6.07) is 14.9. The van der Waals surface area contributed by atoms with Crippen LogP contribution in [0.15, 0.2) is 55.2 Å². The Bertz CT molecular complexity index is 748. The van der Waals surface area contributed by atoms with E-state index in [4.69, 9.17) is 0 Å². The van der Waals surface area contributed by atoms with Crippen LogP contribution in [0.4, 0.5) is 0 Å². The molecular formula is C22H27N3O. The van der Waals surface area contributed by atoms with Gasteiger partial charge in [0.25, 0.3) is 0 Å². The van der Waals surface area contributed by atoms with Crippen LogP contribution in [-0.2, 0) is 6.54 Å². The maximum atomic E-state index is 11.4. The Balaban J connectivity index is 1.81. The fourth-order valence-corrected chi connectivity index (χ4v) is 3.60. The minimum Gasteiger partial charge on any atom is -0.327 e. The summed E-state index contributed by atoms with van der Waals surface area (Å²) >= 11 is 0. The molecule has 1 saturated heterocycles. The molecule has 2 N–H and O–H groups in total. The highest BCUT2D eigenvalue weighted by atomic mass is 16.1. The molecule has 0 aliphatic carbocycles. The van der Waals surface area contributed by atoms with Gasteiger partial charge < -0.3 is 10.7 Å². The van der Waals surface area contributed by atoms with Crippen molar-refractivity contribution in [2.45, 2.75) is 25.3 Å². The van der Waals surface area contributed by atoms with Gasteiger partial charge >= 0.3 is 0 Å². The summed E-state index contributed by atoms with van der Waals surface area (Å²) in [4.78, 5) is 11.4. The van der Waals surface area contributed by atoms with Gasteiger partial charge in [0.05, 0.1) is 0 Å². The summed E-state index contributed by atoms with van der Waals surface area (Å²) in [5, 5.41) is 5.32. The molecule has 0 aromatic heterocycles. The summed E-state index contributed by atoms with van der Waals surface area (Å²) in [5.41, 5.74) is 8.48. The number of carbonyl (C=O) groups excluding carboxylic acids is 1. The predicted octanol–water partition coefficient (Wildman–Crippen LogP) is 3.71. The van der Waals surface area contributed by atoms with Crippen LogP contribution < -0.4 is 10.7 Å². The number of aldehydes is 1. The van der Waals surface area contributed by atoms with Crippen LogP contribution in [0, 0.1) is 0 Å². The summed E-state index contributed by atoms with van der Waals surface area (Å²) in [7, 11) is 1.93. The minimum absolute atomic E-state index is 0.626. The Hall–Kier alpha value is -2.43. The molecule has 1 fully saturated rings. The average Bonchev–Trinajstić information content (AvgIpc) is 2.69. The zero-order chi connectivity index (χ0) is 18.4. The summed E-state index contributed by atoms with van der Waals surface area (Å²) in [6.07, 6.45) is 4.96. The van der Waals surface area contributed by atoms with Gasteiger partial charge in [-0.25, -0.2) is 5.01 Å². The third-order valence-corrected chi connectivity index (χ3v) is 5.04. The Morgan fingerprint density at radius 2 is 1.85 bits per heavy atom. The lowest BCUT2D eigenvalue weighted by Gasteiger charge is -2.23. The lowest BCUT2D eigenvalue weighted by molar-refractivity contribution is 0.112. The van der Waals surface area contributed by atoms with E-state index in [0.717, 1.165) is 36.1 Å². The third-order valence-electron chi connectivity index (χ3n) is 5.04. The van der Waals surface area contributed by atoms with Crippen molar-refractivity contribution in [2.24, 2.45) is 0 Å². The monoisotopic (exact) mass is 349 g/mol. The van der Waals surface area contributed by atoms with E-state index in [0.29, 0.717) is 12.5 Å². The van der Waals surface area contributed by atoms with Crippen molar-refractivity contribution in [2.75, 3.05) is 20.1 Å². The first kappa shape index (κ1) is 18.4. The maximum absolute atomic E-state index is 11.4. The molecule has 2 aromatic carbocycles. The number of piperidine rings is 1. The maximum Gasteiger partial charge on any atom is 0.150 e. The fraction of sp³-hybridized carbons (Fsp3) is 0.318. The van der Waals surface area contributed by atoms with Crippen molar-refractivity contribution in [1.82, 2.24) is 15.8 Å². The van der Waals surface area contributed by atoms with E-state index in [9.17, 15) is 4.79 Å². The van der Waals surface area contributed by atoms with Gasteiger partial charge in [0.1, 0.15) is 6.29 Å². The Kier molecular flexibility index (Phi) is 6.21. The van der Waals surface area contributed by atoms with Gasteiger partial charge in [-0.05, 0) is 60.2 Å². The molecule has 3 rings (SSSR count). The Morgan fingerprint density at radius 3 is 2.50 bits per heavy atom. The van der Waals surface area contributed by atoms with Gasteiger partial charge in [-0.2, -0.15) is 0 Å². The van der Waals surface area contributed by atoms with E-state index < -0.39 is 0 Å². The number of nitrogens with zero attached hydrogens (tertiary/aromatic N) is 1. The molecule has 26 heavy (non-hydrogen) atoms. The van der Waals surface area contributed by atoms with Crippen molar-refractivity contribution in [3.63, 3.8) is 0 Å². The molecule has 1 heterocycles. The van der Waals surface area contributed by atoms with Gasteiger partial charge in [0.15, 0.2) is 0 Å². The second kappa shape index (κ2) is 8.79. The van der Waals surface area contributed by atoms with Crippen LogP contribution in [-0.4, -0.2) is 31.4 Å². The van der Waals surface area contributed by atoms with Gasteiger partial charge in [-0.15, -0.1) is 0 Å². The normalized spacial score (nSPS) is 15.0. The largest absolute Gasteiger partial charge is 0.327 e. The smallest absolute Gasteiger partial charge is 0.150 e. The topological polar surface area (TPSA) is 44.4 Å². The standard InChI is InChI=1S/C22H27N3O/c1-3-24-25(2)15-22-14-20(8-9-21(22)16-26)18-6-4-17(5-7-18)19-10-12-23-13-11-19/h3-9,14,16,19,23-24H,1,10-13,15H2,2H3. The molecule has 0 saturated carbocycles. The first-order chi connectivity index (χ1) is 12.7. The molecule has 0 unspecified atom stereocenters. The zero-order valence-corrected chi connectivity index (χ0v) is 15.4. The number of hydrogen-bond donors (Lipinski definition) is 2. The molecule has 1 aliphatic rings. The number of benzene rings is 2. The number of rotatable bonds is 7. The first-order valence-electron chi connectivity index (χ1n) is 9.18. The summed E-state index contributed by atoms with van der Waals surface area (Å²) in [6.45, 7) is 6.51. The summed E-state index contributed by atoms with van der Waals surface area (Å²) in [5.74, 6) is 0.664. The highest BCUT2D eigenvalue weighted by Gasteiger charge is 2.15. The van der Waals surface area contributed by atoms with Gasteiger partial charge in [-0.1, -0.05) is 43.0 Å². The zero-order valence-electron chi connectivity index (χ0n) is 15.4. The highest BCUT2D eigenvalue weighted by molar-refractivity contribution is 5.79. The minimum atomic E-state index is 0.626. The molecule has 0 atom stereocenters. The number of hydrogen-bond acceptors (Lipinski definition) is 4. The molecule has 2 aromatic rings. The quantitative estimate of drug-likeness (QED) is 0.591. The highest BCUT2D eigenvalue weighted by Crippen LogP contribution is 2.28. The molecule has 0 amide bonds. The van der Waals surface area contributed by atoms with Crippen LogP contribution in [0.3, 0.4) is 0 Å². The van der Waals surface area contributed by atoms with E-state index in [1.165, 1.54) is 24.0 Å². The lowest BCUT2D eigenvalue weighted by Crippen LogP contribution is -2.29. The molecule has 0 bridgehead atoms. The van der Waals surface area contributed by atoms with Gasteiger partial charge in [0.2, 0.25) is 0 Å². The van der Waals surface area contributed by atoms with Crippen molar-refractivity contribution in [3.8, 4) is 11.1 Å². The fourth-order valence-electron chi connectivity index (χ4n) is 3.60. The third kappa shape index (κ3) is 4.40. The summed E-state index contributed by atoms with van der Waals surface area (Å²) < 4.78 is 0. The molecule has 1 aliphatic heterocycles. The molecule has 136 valence electrons. The van der Waals surface area contributed by atoms with Crippen molar-refractivity contribution in [3.05, 3.63) is 71.9 Å². The molecule has 0 spiro atoms. The van der Waals surface area contributed by atoms with Crippen LogP contribution in [0.25, 0.3) is 11.1 Å². The van der Waals surface area contributed by atoms with Gasteiger partial charge in [0, 0.05) is 25.4 Å². The van der Waals surface area contributed by atoms with Crippen LogP contribution >= 0.6 is 0 Å². The van der Waals surface area contributed by atoms with Crippen LogP contribution in [0.1, 0.15) is 40.2 Å². The number of hydrazine groups is 1. The van der Waals surface area contributed by atoms with E-state index in [1.54, 1.807) is 6.20 Å². The predicted molar refractivity (Wildman–Crippen MR) is 107 cm³/mol. The molecule has 4 nitrogen and oxygen atoms in total. The number of carbonyl (C=O) groups is 1. The SMILES string of the molecule is C=CNN(C)Cc1cc(-c2ccc(C3CCNCC3)cc2)ccc1C=O. The lowest BCUT2D eigenvalue weighted by atomic mass is 9.89.